The Morgan fingerprint density at radius 1 is 1.02 bits per heavy atom. The van der Waals surface area contributed by atoms with Crippen molar-refractivity contribution in [3.05, 3.63) is 11.5 Å². The summed E-state index contributed by atoms with van der Waals surface area (Å²) in [5.41, 5.74) is -2.44. The van der Waals surface area contributed by atoms with Crippen LogP contribution in [0.15, 0.2) is 6.20 Å². The van der Waals surface area contributed by atoms with E-state index < -0.39 is 81.4 Å². The quantitative estimate of drug-likeness (QED) is 0.186. The van der Waals surface area contributed by atoms with Gasteiger partial charge in [-0.15, -0.1) is 0 Å². The highest BCUT2D eigenvalue weighted by Crippen LogP contribution is 2.60. The van der Waals surface area contributed by atoms with Crippen LogP contribution in [0.4, 0.5) is 10.6 Å². The number of fused-ring (bicyclic) bond motifs is 2. The van der Waals surface area contributed by atoms with E-state index >= 15 is 0 Å². The Balaban J connectivity index is 1.52. The highest BCUT2D eigenvalue weighted by molar-refractivity contribution is 7.98. The van der Waals surface area contributed by atoms with E-state index in [4.69, 9.17) is 39.6 Å². The van der Waals surface area contributed by atoms with E-state index in [2.05, 4.69) is 15.1 Å². The van der Waals surface area contributed by atoms with E-state index in [-0.39, 0.29) is 22.8 Å². The van der Waals surface area contributed by atoms with Crippen molar-refractivity contribution in [2.24, 2.45) is 0 Å². The molecule has 3 aliphatic rings. The van der Waals surface area contributed by atoms with Crippen LogP contribution < -0.4 is 4.90 Å². The molecule has 0 N–H and O–H groups in total. The lowest BCUT2D eigenvalue weighted by atomic mass is 10.1. The molecule has 1 aliphatic carbocycles. The third-order valence-electron chi connectivity index (χ3n) is 8.44. The monoisotopic (exact) mass is 777 g/mol. The fraction of sp³-hybridized carbons (Fsp3) is 0.818. The van der Waals surface area contributed by atoms with Crippen molar-refractivity contribution in [2.75, 3.05) is 10.7 Å². The first-order chi connectivity index (χ1) is 23.2. The molecule has 0 radical (unpaired) electrons. The summed E-state index contributed by atoms with van der Waals surface area (Å²) < 4.78 is 80.3. The number of halogens is 1. The molecule has 51 heavy (non-hydrogen) atoms. The minimum absolute atomic E-state index is 0.134. The average molecular weight is 778 g/mol. The number of aromatic nitrogens is 4. The van der Waals surface area contributed by atoms with E-state index in [0.29, 0.717) is 5.39 Å². The van der Waals surface area contributed by atoms with Crippen LogP contribution in [0.1, 0.15) is 115 Å². The summed E-state index contributed by atoms with van der Waals surface area (Å²) in [5, 5.41) is 4.88. The zero-order valence-electron chi connectivity index (χ0n) is 31.6. The summed E-state index contributed by atoms with van der Waals surface area (Å²) in [5.74, 6) is -1.43. The zero-order valence-corrected chi connectivity index (χ0v) is 34.1. The summed E-state index contributed by atoms with van der Waals surface area (Å²) in [6.07, 6.45) is 0.594. The smallest absolute Gasteiger partial charge is 0.416 e. The van der Waals surface area contributed by atoms with Crippen molar-refractivity contribution in [1.82, 2.24) is 19.7 Å². The maximum atomic E-state index is 14.2. The standard InChI is InChI=1S/C33H53ClN5O10PS/c1-19(50(41,48-31(5,6)7)49-32(8,9)10)51(42,43)18-22-23-24(46-33(11,12)45-23)27(44-22)39-26-21(17-35-39)25(36-28(34)37-26)38(20-15-13-14-16-20)29(40)47-30(2,3)4/h17,19-20,22-24,27H,13-16,18H2,1-12H3/t19-,22+,23+,24+,27+/m0/s1. The zero-order chi connectivity index (χ0) is 38.1. The van der Waals surface area contributed by atoms with Gasteiger partial charge in [-0.25, -0.2) is 17.9 Å². The molecule has 2 aromatic heterocycles. The predicted octanol–water partition coefficient (Wildman–Crippen LogP) is 7.17. The third-order valence-corrected chi connectivity index (χ3v) is 14.7. The maximum absolute atomic E-state index is 14.2. The molecule has 3 fully saturated rings. The average Bonchev–Trinajstić information content (AvgIpc) is 3.70. The first-order valence-corrected chi connectivity index (χ1v) is 21.1. The fourth-order valence-electron chi connectivity index (χ4n) is 6.62. The van der Waals surface area contributed by atoms with Gasteiger partial charge >= 0.3 is 13.7 Å². The first kappa shape index (κ1) is 40.3. The predicted molar refractivity (Wildman–Crippen MR) is 192 cm³/mol. The molecule has 2 aliphatic heterocycles. The van der Waals surface area contributed by atoms with Crippen LogP contribution >= 0.6 is 19.2 Å². The Bertz CT molecular complexity index is 1760. The van der Waals surface area contributed by atoms with Crippen molar-refractivity contribution in [3.8, 4) is 0 Å². The van der Waals surface area contributed by atoms with Crippen LogP contribution in [0.2, 0.25) is 5.28 Å². The van der Waals surface area contributed by atoms with Crippen LogP contribution in [0.25, 0.3) is 11.0 Å². The van der Waals surface area contributed by atoms with E-state index in [9.17, 15) is 17.8 Å². The highest BCUT2D eigenvalue weighted by Gasteiger charge is 2.59. The Labute approximate surface area is 305 Å². The van der Waals surface area contributed by atoms with E-state index in [0.717, 1.165) is 25.7 Å². The molecule has 5 rings (SSSR count). The summed E-state index contributed by atoms with van der Waals surface area (Å²) in [6.45, 7) is 20.2. The molecule has 0 spiro atoms. The van der Waals surface area contributed by atoms with Crippen molar-refractivity contribution < 1.29 is 45.8 Å². The Morgan fingerprint density at radius 3 is 2.14 bits per heavy atom. The lowest BCUT2D eigenvalue weighted by molar-refractivity contribution is -0.195. The molecule has 0 bridgehead atoms. The van der Waals surface area contributed by atoms with Crippen LogP contribution in [0.5, 0.6) is 0 Å². The number of hydrogen-bond acceptors (Lipinski definition) is 13. The molecular weight excluding hydrogens is 725 g/mol. The molecule has 1 saturated carbocycles. The van der Waals surface area contributed by atoms with E-state index in [1.807, 2.05) is 0 Å². The second-order valence-electron chi connectivity index (χ2n) is 16.9. The number of sulfone groups is 1. The Hall–Kier alpha value is -1.91. The summed E-state index contributed by atoms with van der Waals surface area (Å²) in [7, 11) is -8.46. The summed E-state index contributed by atoms with van der Waals surface area (Å²) in [6, 6.07) is -0.172. The number of nitrogens with zero attached hydrogens (tertiary/aromatic N) is 5. The molecule has 18 heteroatoms. The topological polar surface area (TPSA) is 170 Å². The fourth-order valence-corrected chi connectivity index (χ4v) is 11.7. The molecule has 5 atom stereocenters. The number of amides is 1. The van der Waals surface area contributed by atoms with Gasteiger partial charge in [0, 0.05) is 6.04 Å². The van der Waals surface area contributed by atoms with Crippen LogP contribution in [0, 0.1) is 0 Å². The number of ether oxygens (including phenoxy) is 4. The number of carbonyl (C=O) groups is 1. The van der Waals surface area contributed by atoms with Gasteiger partial charge in [0.15, 0.2) is 38.3 Å². The first-order valence-electron chi connectivity index (χ1n) is 17.4. The van der Waals surface area contributed by atoms with Crippen LogP contribution in [-0.2, 0) is 42.4 Å². The Morgan fingerprint density at radius 2 is 1.59 bits per heavy atom. The second kappa shape index (κ2) is 13.7. The van der Waals surface area contributed by atoms with Gasteiger partial charge < -0.3 is 28.0 Å². The van der Waals surface area contributed by atoms with Gasteiger partial charge in [0.25, 0.3) is 0 Å². The molecule has 1 amide bonds. The van der Waals surface area contributed by atoms with Crippen molar-refractivity contribution in [1.29, 1.82) is 0 Å². The van der Waals surface area contributed by atoms with Crippen molar-refractivity contribution in [3.63, 3.8) is 0 Å². The molecule has 2 saturated heterocycles. The molecule has 15 nitrogen and oxygen atoms in total. The second-order valence-corrected chi connectivity index (χ2v) is 22.2. The minimum Gasteiger partial charge on any atom is -0.443 e. The van der Waals surface area contributed by atoms with Crippen molar-refractivity contribution in [2.45, 2.75) is 167 Å². The molecule has 0 unspecified atom stereocenters. The maximum Gasteiger partial charge on any atom is 0.416 e. The van der Waals surface area contributed by atoms with E-state index in [1.165, 1.54) is 22.7 Å². The lowest BCUT2D eigenvalue weighted by Gasteiger charge is -2.35. The van der Waals surface area contributed by atoms with Crippen molar-refractivity contribution >= 4 is 52.0 Å². The molecule has 4 heterocycles. The van der Waals surface area contributed by atoms with Gasteiger partial charge in [-0.05, 0) is 108 Å². The summed E-state index contributed by atoms with van der Waals surface area (Å²) in [4.78, 5) is 22.6. The minimum atomic E-state index is -4.24. The summed E-state index contributed by atoms with van der Waals surface area (Å²) >= 11 is 6.52. The van der Waals surface area contributed by atoms with Gasteiger partial charge in [0.2, 0.25) is 5.28 Å². The van der Waals surface area contributed by atoms with Crippen LogP contribution in [0.3, 0.4) is 0 Å². The van der Waals surface area contributed by atoms with Gasteiger partial charge in [-0.3, -0.25) is 9.46 Å². The van der Waals surface area contributed by atoms with Gasteiger partial charge in [0.1, 0.15) is 23.9 Å². The highest BCUT2D eigenvalue weighted by atomic mass is 35.5. The van der Waals surface area contributed by atoms with Crippen LogP contribution in [-0.4, -0.2) is 91.9 Å². The SMILES string of the molecule is C[C@@H](P(=O)(OC(C)(C)C)OC(C)(C)C)S(=O)(=O)C[C@H]1O[C@@H](n2ncc3c(N(C(=O)OC(C)(C)C)C4CCCC4)nc(Cl)nc32)[C@@H]2OC(C)(C)O[C@@H]21. The van der Waals surface area contributed by atoms with E-state index in [1.54, 1.807) is 76.2 Å². The molecule has 288 valence electrons. The normalized spacial score (nSPS) is 25.4. The number of carbonyl (C=O) groups excluding carboxylic acids is 1. The lowest BCUT2D eigenvalue weighted by Crippen LogP contribution is -2.43. The molecule has 2 aromatic rings. The van der Waals surface area contributed by atoms with Gasteiger partial charge in [-0.2, -0.15) is 15.1 Å². The number of anilines is 1. The third kappa shape index (κ3) is 9.08. The molecular formula is C33H53ClN5O10PS. The largest absolute Gasteiger partial charge is 0.443 e. The van der Waals surface area contributed by atoms with Gasteiger partial charge in [0.05, 0.1) is 28.5 Å². The molecule has 0 aromatic carbocycles. The number of rotatable bonds is 9. The van der Waals surface area contributed by atoms with Gasteiger partial charge in [-0.1, -0.05) is 12.8 Å². The number of hydrogen-bond donors (Lipinski definition) is 0. The Kier molecular flexibility index (Phi) is 10.9.